The molecule has 0 saturated heterocycles. The molecule has 0 aliphatic carbocycles. The Kier molecular flexibility index (Phi) is 25.7. The molecule has 350 valence electrons. The first kappa shape index (κ1) is 56.1. The first-order valence-electron chi connectivity index (χ1n) is 21.3. The summed E-state index contributed by atoms with van der Waals surface area (Å²) >= 11 is 0. The number of nitrogens with one attached hydrogen (secondary N) is 8. The van der Waals surface area contributed by atoms with Gasteiger partial charge in [-0.25, -0.2) is 4.79 Å². The van der Waals surface area contributed by atoms with Gasteiger partial charge in [-0.3, -0.25) is 38.4 Å². The molecule has 0 aliphatic heterocycles. The lowest BCUT2D eigenvalue weighted by molar-refractivity contribution is -0.144. The Labute approximate surface area is 360 Å². The van der Waals surface area contributed by atoms with Crippen LogP contribution < -0.4 is 48.3 Å². The number of carboxylic acid groups (broad SMARTS) is 1. The number of carbonyl (C=O) groups excluding carboxylic acids is 8. The van der Waals surface area contributed by atoms with Gasteiger partial charge in [0.2, 0.25) is 47.3 Å². The van der Waals surface area contributed by atoms with Crippen LogP contribution in [0.1, 0.15) is 115 Å². The summed E-state index contributed by atoms with van der Waals surface area (Å²) in [4.78, 5) is 116. The van der Waals surface area contributed by atoms with Crippen molar-refractivity contribution in [2.24, 2.45) is 35.3 Å². The van der Waals surface area contributed by atoms with E-state index in [0.717, 1.165) is 6.42 Å². The van der Waals surface area contributed by atoms with Crippen molar-refractivity contribution in [2.75, 3.05) is 13.1 Å². The van der Waals surface area contributed by atoms with E-state index in [-0.39, 0.29) is 43.1 Å². The highest BCUT2D eigenvalue weighted by Crippen LogP contribution is 2.11. The van der Waals surface area contributed by atoms with Crippen LogP contribution in [0.5, 0.6) is 0 Å². The van der Waals surface area contributed by atoms with Crippen molar-refractivity contribution >= 4 is 53.2 Å². The standard InChI is InChI=1S/C41H75N9O11/c1-13-23(9)27(42)17-30(52)45-25(11)36(55)47-28(15-20(3)4)37(56)43-19-32(54)48-34(24(10)14-2)39(58)44-18-31(53)46-29(16-21(5)6)38(57)50-35(26(12)51)40(59)49-33(22(7)8)41(60)61/h20-29,33-35,51H,13-19,42H2,1-12H3,(H,43,56)(H,44,58)(H,45,52)(H,46,53)(H,47,55)(H,48,54)(H,49,59)(H,50,57)(H,60,61)/t23-,24-,25-,26+,27+,28-,29-,33-,34-,35-/m0/s1. The molecule has 61 heavy (non-hydrogen) atoms. The number of hydrogen-bond acceptors (Lipinski definition) is 11. The van der Waals surface area contributed by atoms with Gasteiger partial charge in [-0.05, 0) is 56.3 Å². The number of hydrogen-bond donors (Lipinski definition) is 11. The van der Waals surface area contributed by atoms with E-state index in [4.69, 9.17) is 5.73 Å². The van der Waals surface area contributed by atoms with Gasteiger partial charge in [-0.15, -0.1) is 0 Å². The van der Waals surface area contributed by atoms with Crippen molar-refractivity contribution in [1.29, 1.82) is 0 Å². The second kappa shape index (κ2) is 27.9. The van der Waals surface area contributed by atoms with Gasteiger partial charge in [-0.2, -0.15) is 0 Å². The number of nitrogens with two attached hydrogens (primary N) is 1. The van der Waals surface area contributed by atoms with Crippen molar-refractivity contribution in [3.8, 4) is 0 Å². The largest absolute Gasteiger partial charge is 0.480 e. The fourth-order valence-corrected chi connectivity index (χ4v) is 5.94. The Morgan fingerprint density at radius 3 is 1.44 bits per heavy atom. The molecular formula is C41H75N9O11. The summed E-state index contributed by atoms with van der Waals surface area (Å²) in [6.45, 7) is 19.4. The van der Waals surface area contributed by atoms with Gasteiger partial charge in [0.1, 0.15) is 36.3 Å². The molecule has 0 rings (SSSR count). The first-order valence-corrected chi connectivity index (χ1v) is 21.3. The number of carboxylic acids is 1. The molecule has 0 fully saturated rings. The Bertz CT molecular complexity index is 1490. The lowest BCUT2D eigenvalue weighted by Crippen LogP contribution is -2.60. The molecule has 8 amide bonds. The molecule has 0 unspecified atom stereocenters. The summed E-state index contributed by atoms with van der Waals surface area (Å²) in [5, 5.41) is 39.8. The van der Waals surface area contributed by atoms with Crippen molar-refractivity contribution < 1.29 is 53.4 Å². The maximum absolute atomic E-state index is 13.3. The van der Waals surface area contributed by atoms with E-state index in [2.05, 4.69) is 42.5 Å². The lowest BCUT2D eigenvalue weighted by atomic mass is 9.97. The normalized spacial score (nSPS) is 16.3. The van der Waals surface area contributed by atoms with Gasteiger partial charge in [0.15, 0.2) is 0 Å². The van der Waals surface area contributed by atoms with E-state index < -0.39 is 121 Å². The predicted octanol–water partition coefficient (Wildman–Crippen LogP) is -0.829. The summed E-state index contributed by atoms with van der Waals surface area (Å²) in [7, 11) is 0. The van der Waals surface area contributed by atoms with Crippen LogP contribution in [0.2, 0.25) is 0 Å². The molecule has 10 atom stereocenters. The van der Waals surface area contributed by atoms with Crippen LogP contribution in [0.25, 0.3) is 0 Å². The smallest absolute Gasteiger partial charge is 0.326 e. The van der Waals surface area contributed by atoms with E-state index in [9.17, 15) is 53.4 Å². The zero-order valence-corrected chi connectivity index (χ0v) is 38.1. The van der Waals surface area contributed by atoms with Crippen molar-refractivity contribution in [1.82, 2.24) is 42.5 Å². The highest BCUT2D eigenvalue weighted by atomic mass is 16.4. The molecule has 0 bridgehead atoms. The zero-order chi connectivity index (χ0) is 47.3. The number of aliphatic carboxylic acids is 1. The number of aliphatic hydroxyl groups is 1. The summed E-state index contributed by atoms with van der Waals surface area (Å²) in [6.07, 6.45) is 0.164. The fourth-order valence-electron chi connectivity index (χ4n) is 5.94. The van der Waals surface area contributed by atoms with Gasteiger partial charge >= 0.3 is 5.97 Å². The minimum Gasteiger partial charge on any atom is -0.480 e. The first-order chi connectivity index (χ1) is 28.2. The van der Waals surface area contributed by atoms with Crippen LogP contribution in [0.3, 0.4) is 0 Å². The molecule has 0 aromatic heterocycles. The van der Waals surface area contributed by atoms with E-state index in [1.807, 2.05) is 27.7 Å². The third-order valence-electron chi connectivity index (χ3n) is 10.2. The molecule has 20 nitrogen and oxygen atoms in total. The van der Waals surface area contributed by atoms with Crippen LogP contribution in [0.4, 0.5) is 0 Å². The van der Waals surface area contributed by atoms with Crippen molar-refractivity contribution in [3.63, 3.8) is 0 Å². The molecule has 0 heterocycles. The summed E-state index contributed by atoms with van der Waals surface area (Å²) < 4.78 is 0. The van der Waals surface area contributed by atoms with Gasteiger partial charge in [-0.1, -0.05) is 82.1 Å². The fraction of sp³-hybridized carbons (Fsp3) is 0.780. The van der Waals surface area contributed by atoms with E-state index in [1.54, 1.807) is 41.5 Å². The highest BCUT2D eigenvalue weighted by Gasteiger charge is 2.34. The van der Waals surface area contributed by atoms with Crippen LogP contribution in [-0.4, -0.2) is 125 Å². The number of amides is 8. The molecule has 0 aliphatic rings. The van der Waals surface area contributed by atoms with Gasteiger partial charge in [0.05, 0.1) is 19.2 Å². The Morgan fingerprint density at radius 2 is 0.984 bits per heavy atom. The van der Waals surface area contributed by atoms with Crippen LogP contribution in [0.15, 0.2) is 0 Å². The quantitative estimate of drug-likeness (QED) is 0.0459. The van der Waals surface area contributed by atoms with Gasteiger partial charge < -0.3 is 58.5 Å². The van der Waals surface area contributed by atoms with Crippen LogP contribution in [0, 0.1) is 29.6 Å². The van der Waals surface area contributed by atoms with Crippen molar-refractivity contribution in [3.05, 3.63) is 0 Å². The predicted molar refractivity (Wildman–Crippen MR) is 228 cm³/mol. The minimum absolute atomic E-state index is 0.0330. The lowest BCUT2D eigenvalue weighted by Gasteiger charge is -2.27. The van der Waals surface area contributed by atoms with E-state index in [1.165, 1.54) is 13.8 Å². The summed E-state index contributed by atoms with van der Waals surface area (Å²) in [6, 6.07) is -7.56. The zero-order valence-electron chi connectivity index (χ0n) is 38.1. The SMILES string of the molecule is CC[C@H](C)[C@H](N)CC(=O)N[C@@H](C)C(=O)N[C@@H](CC(C)C)C(=O)NCC(=O)N[C@H](C(=O)NCC(=O)N[C@@H](CC(C)C)C(=O)N[C@H](C(=O)N[C@H](C(=O)O)C(C)C)[C@@H](C)O)[C@@H](C)CC. The number of rotatable bonds is 28. The molecule has 0 saturated carbocycles. The molecule has 0 radical (unpaired) electrons. The van der Waals surface area contributed by atoms with Crippen LogP contribution >= 0.6 is 0 Å². The third-order valence-corrected chi connectivity index (χ3v) is 10.2. The second-order valence-electron chi connectivity index (χ2n) is 17.1. The Balaban J connectivity index is 5.60. The Hall–Kier alpha value is -4.85. The van der Waals surface area contributed by atoms with E-state index >= 15 is 0 Å². The van der Waals surface area contributed by atoms with E-state index in [0.29, 0.717) is 6.42 Å². The summed E-state index contributed by atoms with van der Waals surface area (Å²) in [5.41, 5.74) is 6.07. The average molecular weight is 870 g/mol. The van der Waals surface area contributed by atoms with Crippen LogP contribution in [-0.2, 0) is 43.2 Å². The number of aliphatic hydroxyl groups excluding tert-OH is 1. The minimum atomic E-state index is -1.55. The monoisotopic (exact) mass is 870 g/mol. The number of carbonyl (C=O) groups is 9. The maximum atomic E-state index is 13.3. The molecule has 0 aromatic rings. The highest BCUT2D eigenvalue weighted by molar-refractivity contribution is 5.96. The Morgan fingerprint density at radius 1 is 0.508 bits per heavy atom. The van der Waals surface area contributed by atoms with Gasteiger partial charge in [0, 0.05) is 12.5 Å². The molecular weight excluding hydrogens is 795 g/mol. The summed E-state index contributed by atoms with van der Waals surface area (Å²) in [5.74, 6) is -7.92. The molecule has 20 heteroatoms. The van der Waals surface area contributed by atoms with Crippen molar-refractivity contribution in [2.45, 2.75) is 164 Å². The molecule has 0 spiro atoms. The molecule has 12 N–H and O–H groups in total. The maximum Gasteiger partial charge on any atom is 0.326 e. The topological polar surface area (TPSA) is 316 Å². The second-order valence-corrected chi connectivity index (χ2v) is 17.1. The third kappa shape index (κ3) is 21.5. The van der Waals surface area contributed by atoms with Gasteiger partial charge in [0.25, 0.3) is 0 Å². The molecule has 0 aromatic carbocycles. The average Bonchev–Trinajstić information content (AvgIpc) is 3.16.